The molecule has 0 aliphatic carbocycles. The van der Waals surface area contributed by atoms with Crippen molar-refractivity contribution in [3.05, 3.63) is 21.3 Å². The molecular weight excluding hydrogens is 525 g/mol. The van der Waals surface area contributed by atoms with Gasteiger partial charge in [-0.3, -0.25) is 13.6 Å². The van der Waals surface area contributed by atoms with Crippen molar-refractivity contribution < 1.29 is 29.1 Å². The van der Waals surface area contributed by atoms with Crippen molar-refractivity contribution in [1.29, 1.82) is 0 Å². The monoisotopic (exact) mass is 584 g/mol. The Kier molecular flexibility index (Phi) is 26.6. The first-order chi connectivity index (χ1) is 15.1. The normalized spacial score (nSPS) is 15.3. The summed E-state index contributed by atoms with van der Waals surface area (Å²) in [5.41, 5.74) is 0.233. The Hall–Kier alpha value is -0.197. The summed E-state index contributed by atoms with van der Waals surface area (Å²) in [6.07, 6.45) is 2.39. The van der Waals surface area contributed by atoms with Gasteiger partial charge in [0.15, 0.2) is 0 Å². The fourth-order valence-electron chi connectivity index (χ4n) is 2.33. The van der Waals surface area contributed by atoms with E-state index in [-0.39, 0.29) is 53.7 Å². The Balaban J connectivity index is -0.000000146. The maximum absolute atomic E-state index is 7.75. The van der Waals surface area contributed by atoms with Crippen molar-refractivity contribution in [2.45, 2.75) is 159 Å². The molecule has 35 heavy (non-hydrogen) atoms. The number of rotatable bonds is 8. The maximum Gasteiger partial charge on any atom is 6.00 e. The van der Waals surface area contributed by atoms with Gasteiger partial charge in [-0.15, -0.1) is 23.2 Å². The van der Waals surface area contributed by atoms with Crippen LogP contribution < -0.4 is 0 Å². The SMILES string of the molecule is CCC(C)[N-]C([N-]C(C)(C)C)C(C)(C)C.CCC(C)[N-]C([N-]C(C)(C)C)C(C)(C)C.[CH-]=O.[CH-]=O.[Ru+6]. The van der Waals surface area contributed by atoms with Crippen molar-refractivity contribution in [2.24, 2.45) is 10.8 Å². The van der Waals surface area contributed by atoms with E-state index in [2.05, 4.69) is 124 Å². The van der Waals surface area contributed by atoms with Gasteiger partial charge in [-0.2, -0.15) is 0 Å². The Morgan fingerprint density at radius 3 is 0.857 bits per heavy atom. The molecule has 0 aromatic heterocycles. The van der Waals surface area contributed by atoms with Gasteiger partial charge in [0.05, 0.1) is 0 Å². The van der Waals surface area contributed by atoms with Crippen LogP contribution in [0.15, 0.2) is 0 Å². The molecule has 210 valence electrons. The fourth-order valence-corrected chi connectivity index (χ4v) is 2.33. The van der Waals surface area contributed by atoms with Gasteiger partial charge in [-0.25, -0.2) is 12.3 Å². The first-order valence-corrected chi connectivity index (χ1v) is 12.4. The summed E-state index contributed by atoms with van der Waals surface area (Å²) in [5.74, 6) is 0. The van der Waals surface area contributed by atoms with E-state index in [1.807, 2.05) is 0 Å². The standard InChI is InChI=1S/2C13H28N2.2CHO.Ru/c2*1-9-10(2)14-11(12(3,4)5)15-13(6,7)8;2*1-2;/h2*10-11H,9H2,1-8H3;2*1H;/q2*-2;2*-1;+6. The quantitative estimate of drug-likeness (QED) is 0.162. The van der Waals surface area contributed by atoms with E-state index >= 15 is 0 Å². The summed E-state index contributed by atoms with van der Waals surface area (Å²) in [4.78, 5) is 15.5. The van der Waals surface area contributed by atoms with Crippen LogP contribution in [0.3, 0.4) is 0 Å². The van der Waals surface area contributed by atoms with E-state index in [1.165, 1.54) is 0 Å². The molecular formula is C28H58N4O2Ru. The third-order valence-corrected chi connectivity index (χ3v) is 4.54. The van der Waals surface area contributed by atoms with Crippen molar-refractivity contribution in [1.82, 2.24) is 0 Å². The van der Waals surface area contributed by atoms with E-state index in [0.29, 0.717) is 12.1 Å². The van der Waals surface area contributed by atoms with Crippen LogP contribution in [0.1, 0.15) is 124 Å². The molecule has 0 aromatic rings. The minimum absolute atomic E-state index is 0. The largest absolute Gasteiger partial charge is 6.00 e. The summed E-state index contributed by atoms with van der Waals surface area (Å²) in [7, 11) is 0. The van der Waals surface area contributed by atoms with Crippen molar-refractivity contribution in [3.63, 3.8) is 0 Å². The molecule has 0 spiro atoms. The number of hydrogen-bond acceptors (Lipinski definition) is 2. The Labute approximate surface area is 233 Å². The van der Waals surface area contributed by atoms with Crippen LogP contribution in [0.5, 0.6) is 0 Å². The minimum Gasteiger partial charge on any atom is -0.675 e. The molecule has 6 nitrogen and oxygen atoms in total. The van der Waals surface area contributed by atoms with E-state index in [9.17, 15) is 0 Å². The first kappa shape index (κ1) is 44.8. The Bertz CT molecular complexity index is 433. The Morgan fingerprint density at radius 1 is 0.543 bits per heavy atom. The number of hydrogen-bond donors (Lipinski definition) is 0. The molecule has 0 aromatic carbocycles. The van der Waals surface area contributed by atoms with Gasteiger partial charge >= 0.3 is 19.5 Å². The van der Waals surface area contributed by atoms with Crippen molar-refractivity contribution in [2.75, 3.05) is 0 Å². The van der Waals surface area contributed by atoms with E-state index in [4.69, 9.17) is 30.9 Å². The van der Waals surface area contributed by atoms with Crippen LogP contribution >= 0.6 is 0 Å². The number of carbonyl (C=O) groups excluding carboxylic acids is 2. The van der Waals surface area contributed by atoms with Gasteiger partial charge in [-0.1, -0.05) is 134 Å². The zero-order valence-corrected chi connectivity index (χ0v) is 27.6. The van der Waals surface area contributed by atoms with Gasteiger partial charge in [0.1, 0.15) is 0 Å². The molecule has 0 saturated heterocycles. The van der Waals surface area contributed by atoms with Crippen LogP contribution in [-0.2, 0) is 29.1 Å². The van der Waals surface area contributed by atoms with Crippen molar-refractivity contribution >= 4 is 13.6 Å². The molecule has 0 rings (SSSR count). The average Bonchev–Trinajstić information content (AvgIpc) is 2.67. The third kappa shape index (κ3) is 29.9. The van der Waals surface area contributed by atoms with Gasteiger partial charge in [0.2, 0.25) is 0 Å². The third-order valence-electron chi connectivity index (χ3n) is 4.54. The van der Waals surface area contributed by atoms with Crippen LogP contribution in [0.2, 0.25) is 0 Å². The molecule has 4 atom stereocenters. The van der Waals surface area contributed by atoms with Crippen LogP contribution in [0.4, 0.5) is 0 Å². The summed E-state index contributed by atoms with van der Waals surface area (Å²) >= 11 is 0. The molecule has 0 radical (unpaired) electrons. The minimum atomic E-state index is -0.00505. The molecule has 4 unspecified atom stereocenters. The summed E-state index contributed by atoms with van der Waals surface area (Å²) in [6, 6.07) is 0.806. The summed E-state index contributed by atoms with van der Waals surface area (Å²) in [6.45, 7) is 41.2. The van der Waals surface area contributed by atoms with Crippen LogP contribution in [0, 0.1) is 10.8 Å². The molecule has 0 bridgehead atoms. The van der Waals surface area contributed by atoms with E-state index < -0.39 is 0 Å². The van der Waals surface area contributed by atoms with Crippen molar-refractivity contribution in [3.8, 4) is 0 Å². The maximum atomic E-state index is 7.75. The second kappa shape index (κ2) is 20.8. The number of nitrogens with zero attached hydrogens (tertiary/aromatic N) is 4. The molecule has 0 amide bonds. The zero-order valence-electron chi connectivity index (χ0n) is 25.8. The van der Waals surface area contributed by atoms with Crippen LogP contribution in [0.25, 0.3) is 21.3 Å². The molecule has 0 N–H and O–H groups in total. The van der Waals surface area contributed by atoms with Gasteiger partial charge < -0.3 is 30.9 Å². The van der Waals surface area contributed by atoms with E-state index in [0.717, 1.165) is 12.8 Å². The Morgan fingerprint density at radius 2 is 0.743 bits per heavy atom. The zero-order chi connectivity index (χ0) is 28.6. The van der Waals surface area contributed by atoms with Gasteiger partial charge in [-0.05, 0) is 0 Å². The molecule has 0 saturated carbocycles. The van der Waals surface area contributed by atoms with Crippen LogP contribution in [-0.4, -0.2) is 49.1 Å². The molecule has 0 aliphatic heterocycles. The molecule has 0 aliphatic rings. The van der Waals surface area contributed by atoms with E-state index in [1.54, 1.807) is 0 Å². The fraction of sp³-hybridized carbons (Fsp3) is 0.929. The van der Waals surface area contributed by atoms with Gasteiger partial charge in [0.25, 0.3) is 0 Å². The molecule has 7 heteroatoms. The average molecular weight is 584 g/mol. The predicted octanol–water partition coefficient (Wildman–Crippen LogP) is 8.86. The topological polar surface area (TPSA) is 90.5 Å². The second-order valence-electron chi connectivity index (χ2n) is 12.9. The molecule has 0 heterocycles. The smallest absolute Gasteiger partial charge is 0.675 e. The second-order valence-corrected chi connectivity index (χ2v) is 12.9. The predicted molar refractivity (Wildman–Crippen MR) is 152 cm³/mol. The first-order valence-electron chi connectivity index (χ1n) is 12.4. The molecule has 0 fully saturated rings. The van der Waals surface area contributed by atoms with Gasteiger partial charge in [0, 0.05) is 0 Å². The summed E-state index contributed by atoms with van der Waals surface area (Å²) < 4.78 is 0. The summed E-state index contributed by atoms with van der Waals surface area (Å²) in [5, 5.41) is 19.2.